The van der Waals surface area contributed by atoms with E-state index in [9.17, 15) is 4.79 Å². The van der Waals surface area contributed by atoms with Crippen LogP contribution in [0.15, 0.2) is 0 Å². The smallest absolute Gasteiger partial charge is 0.240 e. The van der Waals surface area contributed by atoms with Gasteiger partial charge in [-0.05, 0) is 30.6 Å². The Labute approximate surface area is 106 Å². The van der Waals surface area contributed by atoms with E-state index in [1.165, 1.54) is 0 Å². The molecule has 0 unspecified atom stereocenters. The van der Waals surface area contributed by atoms with Crippen molar-refractivity contribution < 1.29 is 4.79 Å². The number of nitrogens with one attached hydrogen (secondary N) is 1. The van der Waals surface area contributed by atoms with Crippen molar-refractivity contribution in [3.8, 4) is 0 Å². The summed E-state index contributed by atoms with van der Waals surface area (Å²) in [6.07, 6.45) is 4.95. The van der Waals surface area contributed by atoms with Crippen LogP contribution >= 0.6 is 0 Å². The second kappa shape index (κ2) is 5.38. The van der Waals surface area contributed by atoms with Crippen LogP contribution in [-0.4, -0.2) is 18.0 Å². The Hall–Kier alpha value is -0.570. The SMILES string of the molecule is CC(C)CC(C)(C)CNC(=O)C1(N)CCCC1. The van der Waals surface area contributed by atoms with Gasteiger partial charge in [0.1, 0.15) is 0 Å². The van der Waals surface area contributed by atoms with Crippen LogP contribution in [0.4, 0.5) is 0 Å². The molecule has 1 amide bonds. The number of carbonyl (C=O) groups is 1. The molecule has 17 heavy (non-hydrogen) atoms. The molecule has 0 atom stereocenters. The minimum Gasteiger partial charge on any atom is -0.354 e. The molecule has 1 aliphatic carbocycles. The third-order valence-electron chi connectivity index (χ3n) is 3.64. The molecule has 0 heterocycles. The summed E-state index contributed by atoms with van der Waals surface area (Å²) in [5.74, 6) is 0.701. The average Bonchev–Trinajstić information content (AvgIpc) is 2.61. The third-order valence-corrected chi connectivity index (χ3v) is 3.64. The van der Waals surface area contributed by atoms with Gasteiger partial charge in [-0.2, -0.15) is 0 Å². The number of hydrogen-bond acceptors (Lipinski definition) is 2. The number of carbonyl (C=O) groups excluding carboxylic acids is 1. The first-order valence-electron chi connectivity index (χ1n) is 6.82. The maximum atomic E-state index is 12.1. The topological polar surface area (TPSA) is 55.1 Å². The summed E-state index contributed by atoms with van der Waals surface area (Å²) in [6.45, 7) is 9.55. The lowest BCUT2D eigenvalue weighted by Gasteiger charge is -2.30. The van der Waals surface area contributed by atoms with Crippen molar-refractivity contribution in [2.75, 3.05) is 6.54 Å². The zero-order valence-electron chi connectivity index (χ0n) is 11.8. The summed E-state index contributed by atoms with van der Waals surface area (Å²) < 4.78 is 0. The minimum absolute atomic E-state index is 0.0480. The molecule has 0 saturated heterocycles. The summed E-state index contributed by atoms with van der Waals surface area (Å²) in [4.78, 5) is 12.1. The summed E-state index contributed by atoms with van der Waals surface area (Å²) in [5, 5.41) is 3.05. The van der Waals surface area contributed by atoms with Gasteiger partial charge in [-0.25, -0.2) is 0 Å². The monoisotopic (exact) mass is 240 g/mol. The van der Waals surface area contributed by atoms with Gasteiger partial charge < -0.3 is 11.1 Å². The largest absolute Gasteiger partial charge is 0.354 e. The lowest BCUT2D eigenvalue weighted by atomic mass is 9.83. The highest BCUT2D eigenvalue weighted by Crippen LogP contribution is 2.28. The molecule has 0 spiro atoms. The highest BCUT2D eigenvalue weighted by Gasteiger charge is 2.37. The van der Waals surface area contributed by atoms with Crippen LogP contribution in [0.3, 0.4) is 0 Å². The number of rotatable bonds is 5. The molecule has 0 aromatic carbocycles. The predicted molar refractivity (Wildman–Crippen MR) is 71.6 cm³/mol. The van der Waals surface area contributed by atoms with Crippen LogP contribution in [0.25, 0.3) is 0 Å². The van der Waals surface area contributed by atoms with Gasteiger partial charge in [0.25, 0.3) is 0 Å². The van der Waals surface area contributed by atoms with Crippen LogP contribution in [0, 0.1) is 11.3 Å². The standard InChI is InChI=1S/C14H28N2O/c1-11(2)9-13(3,4)10-16-12(17)14(15)7-5-6-8-14/h11H,5-10,15H2,1-4H3,(H,16,17). The van der Waals surface area contributed by atoms with Crippen molar-refractivity contribution in [1.29, 1.82) is 0 Å². The molecular formula is C14H28N2O. The van der Waals surface area contributed by atoms with E-state index in [2.05, 4.69) is 33.0 Å². The van der Waals surface area contributed by atoms with Gasteiger partial charge in [-0.3, -0.25) is 4.79 Å². The van der Waals surface area contributed by atoms with Crippen LogP contribution in [0.5, 0.6) is 0 Å². The molecule has 3 nitrogen and oxygen atoms in total. The Morgan fingerprint density at radius 2 is 1.88 bits per heavy atom. The first-order chi connectivity index (χ1) is 7.75. The molecule has 0 aromatic heterocycles. The molecule has 100 valence electrons. The van der Waals surface area contributed by atoms with E-state index < -0.39 is 5.54 Å². The first-order valence-corrected chi connectivity index (χ1v) is 6.82. The molecule has 3 N–H and O–H groups in total. The summed E-state index contributed by atoms with van der Waals surface area (Å²) in [7, 11) is 0. The Morgan fingerprint density at radius 1 is 1.35 bits per heavy atom. The Kier molecular flexibility index (Phi) is 4.59. The summed E-state index contributed by atoms with van der Waals surface area (Å²) in [5.41, 5.74) is 5.68. The van der Waals surface area contributed by atoms with Gasteiger partial charge in [-0.1, -0.05) is 40.5 Å². The van der Waals surface area contributed by atoms with Crippen LogP contribution in [0.1, 0.15) is 59.8 Å². The second-order valence-corrected chi connectivity index (χ2v) is 6.81. The van der Waals surface area contributed by atoms with Gasteiger partial charge in [0.05, 0.1) is 5.54 Å². The van der Waals surface area contributed by atoms with E-state index in [1.54, 1.807) is 0 Å². The Morgan fingerprint density at radius 3 is 2.35 bits per heavy atom. The number of nitrogens with two attached hydrogens (primary N) is 1. The van der Waals surface area contributed by atoms with Crippen LogP contribution in [-0.2, 0) is 4.79 Å². The molecule has 0 aromatic rings. The van der Waals surface area contributed by atoms with Gasteiger partial charge in [0.15, 0.2) is 0 Å². The summed E-state index contributed by atoms with van der Waals surface area (Å²) >= 11 is 0. The van der Waals surface area contributed by atoms with Crippen LogP contribution < -0.4 is 11.1 Å². The van der Waals surface area contributed by atoms with Gasteiger partial charge in [-0.15, -0.1) is 0 Å². The molecule has 1 rings (SSSR count). The highest BCUT2D eigenvalue weighted by atomic mass is 16.2. The zero-order chi connectivity index (χ0) is 13.1. The van der Waals surface area contributed by atoms with Crippen molar-refractivity contribution in [2.24, 2.45) is 17.1 Å². The highest BCUT2D eigenvalue weighted by molar-refractivity contribution is 5.86. The molecule has 0 aliphatic heterocycles. The van der Waals surface area contributed by atoms with E-state index in [0.29, 0.717) is 5.92 Å². The van der Waals surface area contributed by atoms with Crippen LogP contribution in [0.2, 0.25) is 0 Å². The van der Waals surface area contributed by atoms with E-state index in [0.717, 1.165) is 38.6 Å². The number of hydrogen-bond donors (Lipinski definition) is 2. The van der Waals surface area contributed by atoms with E-state index in [4.69, 9.17) is 5.73 Å². The maximum absolute atomic E-state index is 12.1. The van der Waals surface area contributed by atoms with Gasteiger partial charge in [0.2, 0.25) is 5.91 Å². The van der Waals surface area contributed by atoms with E-state index in [1.807, 2.05) is 0 Å². The molecule has 0 bridgehead atoms. The summed E-state index contributed by atoms with van der Waals surface area (Å²) in [6, 6.07) is 0. The Bertz CT molecular complexity index is 265. The zero-order valence-corrected chi connectivity index (χ0v) is 11.8. The predicted octanol–water partition coefficient (Wildman–Crippen LogP) is 2.45. The van der Waals surface area contributed by atoms with Crippen molar-refractivity contribution in [1.82, 2.24) is 5.32 Å². The van der Waals surface area contributed by atoms with Gasteiger partial charge in [0, 0.05) is 6.54 Å². The van der Waals surface area contributed by atoms with E-state index in [-0.39, 0.29) is 11.3 Å². The fourth-order valence-electron chi connectivity index (χ4n) is 2.91. The van der Waals surface area contributed by atoms with Gasteiger partial charge >= 0.3 is 0 Å². The molecule has 0 radical (unpaired) electrons. The lowest BCUT2D eigenvalue weighted by molar-refractivity contribution is -0.126. The Balaban J connectivity index is 2.42. The second-order valence-electron chi connectivity index (χ2n) is 6.81. The minimum atomic E-state index is -0.589. The molecule has 1 fully saturated rings. The molecular weight excluding hydrogens is 212 g/mol. The van der Waals surface area contributed by atoms with Crippen molar-refractivity contribution >= 4 is 5.91 Å². The molecule has 3 heteroatoms. The number of amides is 1. The molecule has 1 aliphatic rings. The normalized spacial score (nSPS) is 19.6. The fraction of sp³-hybridized carbons (Fsp3) is 0.929. The quantitative estimate of drug-likeness (QED) is 0.775. The average molecular weight is 240 g/mol. The molecule has 1 saturated carbocycles. The third kappa shape index (κ3) is 4.30. The lowest BCUT2D eigenvalue weighted by Crippen LogP contribution is -2.53. The maximum Gasteiger partial charge on any atom is 0.240 e. The first kappa shape index (κ1) is 14.5. The fourth-order valence-corrected chi connectivity index (χ4v) is 2.91. The van der Waals surface area contributed by atoms with Crippen molar-refractivity contribution in [2.45, 2.75) is 65.3 Å². The van der Waals surface area contributed by atoms with E-state index >= 15 is 0 Å². The van der Waals surface area contributed by atoms with Crippen molar-refractivity contribution in [3.05, 3.63) is 0 Å². The van der Waals surface area contributed by atoms with Crippen molar-refractivity contribution in [3.63, 3.8) is 0 Å².